The van der Waals surface area contributed by atoms with Crippen LogP contribution in [0.5, 0.6) is 0 Å². The predicted molar refractivity (Wildman–Crippen MR) is 115 cm³/mol. The third-order valence-corrected chi connectivity index (χ3v) is 6.57. The molecule has 8 heteroatoms. The molecule has 1 aliphatic rings. The second-order valence-corrected chi connectivity index (χ2v) is 8.57. The van der Waals surface area contributed by atoms with E-state index in [9.17, 15) is 14.0 Å². The normalized spacial score (nSPS) is 15.7. The minimum Gasteiger partial charge on any atom is -0.312 e. The summed E-state index contributed by atoms with van der Waals surface area (Å²) in [6.45, 7) is 0. The summed E-state index contributed by atoms with van der Waals surface area (Å²) in [7, 11) is 1.78. The summed E-state index contributed by atoms with van der Waals surface area (Å²) in [6, 6.07) is 14.4. The molecule has 0 bridgehead atoms. The number of amides is 1. The highest BCUT2D eigenvalue weighted by Gasteiger charge is 2.32. The van der Waals surface area contributed by atoms with E-state index < -0.39 is 11.7 Å². The van der Waals surface area contributed by atoms with Crippen LogP contribution in [-0.4, -0.2) is 15.5 Å². The molecule has 0 saturated heterocycles. The standard InChI is InChI=1S/C21H17BrFN3O2S/c1-26-19-18(20(28)25-21(26)29-11-12-5-3-2-4-6-12)14(10-17(27)24-19)13-7-8-16(23)15(22)9-13/h2-9,14H,10-11H2,1H3,(H,24,27). The SMILES string of the molecule is Cn1c(SCc2ccccc2)nc(=O)c2c1NC(=O)CC2c1ccc(F)c(Br)c1. The summed E-state index contributed by atoms with van der Waals surface area (Å²) in [6.07, 6.45) is 0.110. The molecule has 2 aromatic carbocycles. The molecule has 1 unspecified atom stereocenters. The van der Waals surface area contributed by atoms with Gasteiger partial charge in [-0.25, -0.2) is 4.39 Å². The van der Waals surface area contributed by atoms with E-state index in [1.807, 2.05) is 30.3 Å². The maximum Gasteiger partial charge on any atom is 0.279 e. The topological polar surface area (TPSA) is 64.0 Å². The van der Waals surface area contributed by atoms with E-state index in [0.717, 1.165) is 5.56 Å². The number of halogens is 2. The van der Waals surface area contributed by atoms with Crippen LogP contribution in [0.4, 0.5) is 10.2 Å². The highest BCUT2D eigenvalue weighted by Crippen LogP contribution is 2.37. The Kier molecular flexibility index (Phi) is 5.56. The average Bonchev–Trinajstić information content (AvgIpc) is 2.71. The van der Waals surface area contributed by atoms with Crippen LogP contribution in [0.1, 0.15) is 29.0 Å². The number of anilines is 1. The molecule has 5 nitrogen and oxygen atoms in total. The fraction of sp³-hybridized carbons (Fsp3) is 0.190. The maximum atomic E-state index is 13.7. The van der Waals surface area contributed by atoms with Crippen LogP contribution in [0.15, 0.2) is 63.0 Å². The van der Waals surface area contributed by atoms with Crippen molar-refractivity contribution in [3.8, 4) is 0 Å². The summed E-state index contributed by atoms with van der Waals surface area (Å²) in [5.74, 6) is 0.0377. The van der Waals surface area contributed by atoms with Gasteiger partial charge in [0.15, 0.2) is 5.16 Å². The third-order valence-electron chi connectivity index (χ3n) is 4.86. The van der Waals surface area contributed by atoms with Gasteiger partial charge in [0, 0.05) is 25.1 Å². The van der Waals surface area contributed by atoms with Crippen molar-refractivity contribution in [2.24, 2.45) is 7.05 Å². The molecular formula is C21H17BrFN3O2S. The molecule has 1 atom stereocenters. The van der Waals surface area contributed by atoms with E-state index in [4.69, 9.17) is 0 Å². The van der Waals surface area contributed by atoms with Crippen molar-refractivity contribution >= 4 is 39.4 Å². The Morgan fingerprint density at radius 2 is 2.00 bits per heavy atom. The first kappa shape index (κ1) is 19.8. The number of nitrogens with one attached hydrogen (secondary N) is 1. The van der Waals surface area contributed by atoms with Gasteiger partial charge in [-0.05, 0) is 39.2 Å². The van der Waals surface area contributed by atoms with Crippen molar-refractivity contribution in [3.05, 3.63) is 85.9 Å². The van der Waals surface area contributed by atoms with Crippen LogP contribution in [0.3, 0.4) is 0 Å². The van der Waals surface area contributed by atoms with Gasteiger partial charge in [-0.15, -0.1) is 0 Å². The molecule has 0 fully saturated rings. The highest BCUT2D eigenvalue weighted by molar-refractivity contribution is 9.10. The van der Waals surface area contributed by atoms with E-state index >= 15 is 0 Å². The lowest BCUT2D eigenvalue weighted by atomic mass is 9.87. The predicted octanol–water partition coefficient (Wildman–Crippen LogP) is 4.45. The zero-order valence-electron chi connectivity index (χ0n) is 15.5. The Balaban J connectivity index is 1.74. The largest absolute Gasteiger partial charge is 0.312 e. The number of carbonyl (C=O) groups excluding carboxylic acids is 1. The third kappa shape index (κ3) is 4.00. The van der Waals surface area contributed by atoms with Gasteiger partial charge in [-0.1, -0.05) is 48.2 Å². The highest BCUT2D eigenvalue weighted by atomic mass is 79.9. The van der Waals surface area contributed by atoms with E-state index in [-0.39, 0.29) is 17.9 Å². The summed E-state index contributed by atoms with van der Waals surface area (Å²) < 4.78 is 15.7. The van der Waals surface area contributed by atoms with Gasteiger partial charge >= 0.3 is 0 Å². The van der Waals surface area contributed by atoms with Crippen molar-refractivity contribution in [3.63, 3.8) is 0 Å². The van der Waals surface area contributed by atoms with Crippen molar-refractivity contribution in [1.29, 1.82) is 0 Å². The van der Waals surface area contributed by atoms with Gasteiger partial charge in [-0.2, -0.15) is 4.98 Å². The van der Waals surface area contributed by atoms with Gasteiger partial charge in [-0.3, -0.25) is 9.59 Å². The van der Waals surface area contributed by atoms with Crippen LogP contribution >= 0.6 is 27.7 Å². The molecule has 1 amide bonds. The Morgan fingerprint density at radius 1 is 1.24 bits per heavy atom. The molecule has 29 heavy (non-hydrogen) atoms. The van der Waals surface area contributed by atoms with E-state index in [1.165, 1.54) is 17.8 Å². The molecule has 0 spiro atoms. The molecule has 0 radical (unpaired) electrons. The number of aromatic nitrogens is 2. The second-order valence-electron chi connectivity index (χ2n) is 6.77. The molecule has 0 saturated carbocycles. The molecule has 2 heterocycles. The lowest BCUT2D eigenvalue weighted by Gasteiger charge is -2.27. The second kappa shape index (κ2) is 8.12. The van der Waals surface area contributed by atoms with Crippen molar-refractivity contribution < 1.29 is 9.18 Å². The molecule has 148 valence electrons. The number of carbonyl (C=O) groups is 1. The average molecular weight is 474 g/mol. The van der Waals surface area contributed by atoms with Gasteiger partial charge in [0.25, 0.3) is 5.56 Å². The van der Waals surface area contributed by atoms with Crippen molar-refractivity contribution in [1.82, 2.24) is 9.55 Å². The number of hydrogen-bond donors (Lipinski definition) is 1. The van der Waals surface area contributed by atoms with E-state index in [1.54, 1.807) is 23.7 Å². The quantitative estimate of drug-likeness (QED) is 0.449. The molecule has 3 aromatic rings. The van der Waals surface area contributed by atoms with E-state index in [2.05, 4.69) is 26.2 Å². The van der Waals surface area contributed by atoms with Gasteiger partial charge in [0.1, 0.15) is 11.6 Å². The first-order valence-corrected chi connectivity index (χ1v) is 10.7. The first-order valence-electron chi connectivity index (χ1n) is 8.96. The zero-order valence-corrected chi connectivity index (χ0v) is 17.9. The lowest BCUT2D eigenvalue weighted by molar-refractivity contribution is -0.116. The number of benzene rings is 2. The number of fused-ring (bicyclic) bond motifs is 1. The zero-order chi connectivity index (χ0) is 20.5. The molecule has 1 aromatic heterocycles. The fourth-order valence-corrected chi connectivity index (χ4v) is 4.72. The monoisotopic (exact) mass is 473 g/mol. The molecular weight excluding hydrogens is 457 g/mol. The Morgan fingerprint density at radius 3 is 2.72 bits per heavy atom. The van der Waals surface area contributed by atoms with Gasteiger partial charge in [0.2, 0.25) is 5.91 Å². The number of nitrogens with zero attached hydrogens (tertiary/aromatic N) is 2. The summed E-state index contributed by atoms with van der Waals surface area (Å²) in [5.41, 5.74) is 1.86. The van der Waals surface area contributed by atoms with Crippen molar-refractivity contribution in [2.45, 2.75) is 23.2 Å². The molecule has 4 rings (SSSR count). The Labute approximate surface area is 179 Å². The fourth-order valence-electron chi connectivity index (χ4n) is 3.40. The minimum atomic E-state index is -0.477. The molecule has 1 aliphatic heterocycles. The van der Waals surface area contributed by atoms with Crippen LogP contribution in [0, 0.1) is 5.82 Å². The summed E-state index contributed by atoms with van der Waals surface area (Å²) >= 11 is 4.61. The van der Waals surface area contributed by atoms with Crippen LogP contribution in [-0.2, 0) is 17.6 Å². The van der Waals surface area contributed by atoms with Gasteiger partial charge in [0.05, 0.1) is 10.0 Å². The number of rotatable bonds is 4. The van der Waals surface area contributed by atoms with E-state index in [0.29, 0.717) is 32.3 Å². The van der Waals surface area contributed by atoms with Crippen LogP contribution in [0.2, 0.25) is 0 Å². The lowest BCUT2D eigenvalue weighted by Crippen LogP contribution is -2.33. The van der Waals surface area contributed by atoms with Gasteiger partial charge < -0.3 is 9.88 Å². The number of hydrogen-bond acceptors (Lipinski definition) is 4. The molecule has 1 N–H and O–H groups in total. The Bertz CT molecular complexity index is 1150. The van der Waals surface area contributed by atoms with Crippen LogP contribution in [0.25, 0.3) is 0 Å². The smallest absolute Gasteiger partial charge is 0.279 e. The maximum absolute atomic E-state index is 13.7. The summed E-state index contributed by atoms with van der Waals surface area (Å²) in [4.78, 5) is 29.6. The summed E-state index contributed by atoms with van der Waals surface area (Å²) in [5, 5.41) is 3.34. The minimum absolute atomic E-state index is 0.110. The van der Waals surface area contributed by atoms with Crippen molar-refractivity contribution in [2.75, 3.05) is 5.32 Å². The molecule has 0 aliphatic carbocycles. The first-order chi connectivity index (χ1) is 13.9. The van der Waals surface area contributed by atoms with Crippen LogP contribution < -0.4 is 10.9 Å². The number of thioether (sulfide) groups is 1. The Hall–Kier alpha value is -2.45.